The Labute approximate surface area is 144 Å². The van der Waals surface area contributed by atoms with Crippen LogP contribution in [0.25, 0.3) is 11.3 Å². The second-order valence-corrected chi connectivity index (χ2v) is 6.00. The van der Waals surface area contributed by atoms with Gasteiger partial charge in [0, 0.05) is 18.2 Å². The minimum Gasteiger partial charge on any atom is -0.508 e. The SMILES string of the molecule is COc1cccc(-c2n[nH]c3c2[C@@H](c2ccc(O)cc2)N(C)C3=O)c1. The molecule has 6 heteroatoms. The van der Waals surface area contributed by atoms with E-state index in [0.29, 0.717) is 5.69 Å². The number of aromatic amines is 1. The van der Waals surface area contributed by atoms with Crippen LogP contribution in [0.15, 0.2) is 48.5 Å². The molecule has 1 aliphatic heterocycles. The first-order valence-electron chi connectivity index (χ1n) is 7.89. The Morgan fingerprint density at radius 3 is 2.68 bits per heavy atom. The Morgan fingerprint density at radius 1 is 1.20 bits per heavy atom. The summed E-state index contributed by atoms with van der Waals surface area (Å²) in [5, 5.41) is 16.8. The average molecular weight is 335 g/mol. The zero-order valence-electron chi connectivity index (χ0n) is 13.9. The lowest BCUT2D eigenvalue weighted by Gasteiger charge is -2.22. The number of aromatic hydroxyl groups is 1. The van der Waals surface area contributed by atoms with Crippen molar-refractivity contribution in [2.24, 2.45) is 0 Å². The van der Waals surface area contributed by atoms with Gasteiger partial charge in [0.05, 0.1) is 18.8 Å². The fourth-order valence-corrected chi connectivity index (χ4v) is 3.30. The van der Waals surface area contributed by atoms with Crippen LogP contribution in [0.4, 0.5) is 0 Å². The fourth-order valence-electron chi connectivity index (χ4n) is 3.30. The molecule has 25 heavy (non-hydrogen) atoms. The standard InChI is InChI=1S/C19H17N3O3/c1-22-18(11-6-8-13(23)9-7-11)15-16(20-21-17(15)19(22)24)12-4-3-5-14(10-12)25-2/h3-10,18,23H,1-2H3,(H,20,21)/t18-/m1/s1. The zero-order chi connectivity index (χ0) is 17.6. The topological polar surface area (TPSA) is 78.5 Å². The smallest absolute Gasteiger partial charge is 0.272 e. The molecule has 1 aliphatic rings. The summed E-state index contributed by atoms with van der Waals surface area (Å²) in [4.78, 5) is 14.3. The van der Waals surface area contributed by atoms with E-state index in [1.807, 2.05) is 36.4 Å². The van der Waals surface area contributed by atoms with Crippen LogP contribution in [-0.4, -0.2) is 40.3 Å². The molecule has 0 unspecified atom stereocenters. The van der Waals surface area contributed by atoms with Crippen LogP contribution in [0.2, 0.25) is 0 Å². The van der Waals surface area contributed by atoms with Crippen molar-refractivity contribution < 1.29 is 14.6 Å². The van der Waals surface area contributed by atoms with Gasteiger partial charge in [-0.3, -0.25) is 9.89 Å². The number of aromatic nitrogens is 2. The number of benzene rings is 2. The van der Waals surface area contributed by atoms with Crippen LogP contribution in [-0.2, 0) is 0 Å². The van der Waals surface area contributed by atoms with Crippen LogP contribution < -0.4 is 4.74 Å². The van der Waals surface area contributed by atoms with Gasteiger partial charge < -0.3 is 14.7 Å². The highest BCUT2D eigenvalue weighted by Gasteiger charge is 2.40. The summed E-state index contributed by atoms with van der Waals surface area (Å²) >= 11 is 0. The van der Waals surface area contributed by atoms with Crippen molar-refractivity contribution in [2.45, 2.75) is 6.04 Å². The monoisotopic (exact) mass is 335 g/mol. The molecule has 1 atom stereocenters. The molecule has 0 fully saturated rings. The predicted molar refractivity (Wildman–Crippen MR) is 92.6 cm³/mol. The lowest BCUT2D eigenvalue weighted by atomic mass is 9.96. The number of H-pyrrole nitrogens is 1. The molecule has 3 aromatic rings. The fraction of sp³-hybridized carbons (Fsp3) is 0.158. The maximum atomic E-state index is 12.6. The zero-order valence-corrected chi connectivity index (χ0v) is 13.9. The highest BCUT2D eigenvalue weighted by atomic mass is 16.5. The number of carbonyl (C=O) groups excluding carboxylic acids is 1. The highest BCUT2D eigenvalue weighted by Crippen LogP contribution is 2.42. The summed E-state index contributed by atoms with van der Waals surface area (Å²) < 4.78 is 5.30. The average Bonchev–Trinajstić information content (AvgIpc) is 3.16. The number of phenolic OH excluding ortho intramolecular Hbond substituents is 1. The van der Waals surface area contributed by atoms with Crippen molar-refractivity contribution in [3.63, 3.8) is 0 Å². The molecule has 2 aromatic carbocycles. The van der Waals surface area contributed by atoms with E-state index in [9.17, 15) is 9.90 Å². The Morgan fingerprint density at radius 2 is 1.96 bits per heavy atom. The minimum absolute atomic E-state index is 0.102. The first-order chi connectivity index (χ1) is 12.1. The lowest BCUT2D eigenvalue weighted by molar-refractivity contribution is 0.0788. The van der Waals surface area contributed by atoms with E-state index in [1.165, 1.54) is 0 Å². The van der Waals surface area contributed by atoms with Gasteiger partial charge in [-0.05, 0) is 29.8 Å². The second-order valence-electron chi connectivity index (χ2n) is 6.00. The Hall–Kier alpha value is -3.28. The number of nitrogens with zero attached hydrogens (tertiary/aromatic N) is 2. The summed E-state index contributed by atoms with van der Waals surface area (Å²) in [6.07, 6.45) is 0. The van der Waals surface area contributed by atoms with Gasteiger partial charge in [-0.15, -0.1) is 0 Å². The maximum Gasteiger partial charge on any atom is 0.272 e. The van der Waals surface area contributed by atoms with E-state index >= 15 is 0 Å². The molecule has 126 valence electrons. The molecule has 2 N–H and O–H groups in total. The number of phenols is 1. The number of ether oxygens (including phenoxy) is 1. The number of methoxy groups -OCH3 is 1. The Balaban J connectivity index is 1.88. The van der Waals surface area contributed by atoms with Gasteiger partial charge >= 0.3 is 0 Å². The van der Waals surface area contributed by atoms with E-state index in [0.717, 1.165) is 28.1 Å². The van der Waals surface area contributed by atoms with Gasteiger partial charge in [-0.2, -0.15) is 5.10 Å². The molecule has 1 aromatic heterocycles. The highest BCUT2D eigenvalue weighted by molar-refractivity contribution is 6.00. The van der Waals surface area contributed by atoms with Gasteiger partial charge in [-0.1, -0.05) is 24.3 Å². The summed E-state index contributed by atoms with van der Waals surface area (Å²) in [6, 6.07) is 14.2. The first-order valence-corrected chi connectivity index (χ1v) is 7.89. The van der Waals surface area contributed by atoms with Crippen molar-refractivity contribution in [3.8, 4) is 22.8 Å². The third-order valence-corrected chi connectivity index (χ3v) is 4.55. The molecule has 0 radical (unpaired) electrons. The number of amides is 1. The van der Waals surface area contributed by atoms with Gasteiger partial charge in [0.1, 0.15) is 17.2 Å². The van der Waals surface area contributed by atoms with Gasteiger partial charge in [0.2, 0.25) is 0 Å². The van der Waals surface area contributed by atoms with Crippen LogP contribution >= 0.6 is 0 Å². The van der Waals surface area contributed by atoms with Crippen LogP contribution in [0, 0.1) is 0 Å². The van der Waals surface area contributed by atoms with Gasteiger partial charge in [-0.25, -0.2) is 0 Å². The Kier molecular flexibility index (Phi) is 3.46. The van der Waals surface area contributed by atoms with Crippen LogP contribution in [0.1, 0.15) is 27.7 Å². The van der Waals surface area contributed by atoms with Crippen LogP contribution in [0.3, 0.4) is 0 Å². The van der Waals surface area contributed by atoms with E-state index in [1.54, 1.807) is 31.2 Å². The predicted octanol–water partition coefficient (Wildman–Crippen LogP) is 2.97. The van der Waals surface area contributed by atoms with E-state index in [4.69, 9.17) is 4.74 Å². The lowest BCUT2D eigenvalue weighted by Crippen LogP contribution is -2.24. The molecule has 6 nitrogen and oxygen atoms in total. The molecule has 0 bridgehead atoms. The molecule has 0 saturated heterocycles. The normalized spacial score (nSPS) is 16.2. The van der Waals surface area contributed by atoms with Crippen molar-refractivity contribution in [2.75, 3.05) is 14.2 Å². The number of fused-ring (bicyclic) bond motifs is 1. The molecule has 1 amide bonds. The largest absolute Gasteiger partial charge is 0.508 e. The third-order valence-electron chi connectivity index (χ3n) is 4.55. The van der Waals surface area contributed by atoms with Crippen molar-refractivity contribution in [3.05, 3.63) is 65.4 Å². The maximum absolute atomic E-state index is 12.6. The molecular weight excluding hydrogens is 318 g/mol. The van der Waals surface area contributed by atoms with Crippen molar-refractivity contribution >= 4 is 5.91 Å². The summed E-state index contributed by atoms with van der Waals surface area (Å²) in [5.74, 6) is 0.819. The number of carbonyl (C=O) groups is 1. The van der Waals surface area contributed by atoms with E-state index in [-0.39, 0.29) is 17.7 Å². The number of hydrogen-bond donors (Lipinski definition) is 2. The third kappa shape index (κ3) is 2.34. The molecule has 4 rings (SSSR count). The summed E-state index contributed by atoms with van der Waals surface area (Å²) in [5.41, 5.74) is 3.86. The van der Waals surface area contributed by atoms with Crippen molar-refractivity contribution in [1.29, 1.82) is 0 Å². The molecule has 0 aliphatic carbocycles. The minimum atomic E-state index is -0.261. The number of hydrogen-bond acceptors (Lipinski definition) is 4. The molecule has 0 spiro atoms. The first kappa shape index (κ1) is 15.3. The number of rotatable bonds is 3. The Bertz CT molecular complexity index is 947. The van der Waals surface area contributed by atoms with E-state index < -0.39 is 0 Å². The van der Waals surface area contributed by atoms with Crippen LogP contribution in [0.5, 0.6) is 11.5 Å². The molecular formula is C19H17N3O3. The number of nitrogens with one attached hydrogen (secondary N) is 1. The molecule has 0 saturated carbocycles. The van der Waals surface area contributed by atoms with E-state index in [2.05, 4.69) is 10.2 Å². The quantitative estimate of drug-likeness (QED) is 0.771. The summed E-state index contributed by atoms with van der Waals surface area (Å²) in [7, 11) is 3.38. The van der Waals surface area contributed by atoms with Gasteiger partial charge in [0.15, 0.2) is 0 Å². The molecule has 2 heterocycles. The second kappa shape index (κ2) is 5.66. The van der Waals surface area contributed by atoms with Gasteiger partial charge in [0.25, 0.3) is 5.91 Å². The summed E-state index contributed by atoms with van der Waals surface area (Å²) in [6.45, 7) is 0. The van der Waals surface area contributed by atoms with Crippen molar-refractivity contribution in [1.82, 2.24) is 15.1 Å².